The number of phenols is 2. The normalized spacial score (nSPS) is 13.7. The summed E-state index contributed by atoms with van der Waals surface area (Å²) in [6.45, 7) is 0. The number of aliphatic carboxylic acids is 1. The summed E-state index contributed by atoms with van der Waals surface area (Å²) in [7, 11) is 0. The van der Waals surface area contributed by atoms with E-state index in [0.717, 1.165) is 10.9 Å². The summed E-state index contributed by atoms with van der Waals surface area (Å²) in [5.74, 6) is -6.15. The van der Waals surface area contributed by atoms with Crippen molar-refractivity contribution >= 4 is 52.3 Å². The summed E-state index contributed by atoms with van der Waals surface area (Å²) in [5.41, 5.74) is 14.8. The summed E-state index contributed by atoms with van der Waals surface area (Å²) >= 11 is 0. The van der Waals surface area contributed by atoms with Crippen molar-refractivity contribution in [1.82, 2.24) is 41.5 Å². The van der Waals surface area contributed by atoms with Gasteiger partial charge in [-0.2, -0.15) is 0 Å². The molecular formula is C49H54N10O10. The van der Waals surface area contributed by atoms with Crippen molar-refractivity contribution in [3.05, 3.63) is 150 Å². The monoisotopic (exact) mass is 942 g/mol. The van der Waals surface area contributed by atoms with E-state index in [2.05, 4.69) is 41.5 Å². The topological polar surface area (TPSA) is 337 Å². The van der Waals surface area contributed by atoms with Gasteiger partial charge in [0.25, 0.3) is 0 Å². The molecule has 6 rings (SSSR count). The molecule has 0 saturated heterocycles. The standard InChI is InChI=1S/C49H54N10O10/c50-36(18-19-43(51)62)44(63)55-38(21-29-10-14-33(60)15-11-29)45(64)58-41(24-32-26-52-27-54-32)48(67)56-39(20-28-6-2-1-3-7-28)46(65)57-40(23-31-25-53-37-9-5-4-8-35(31)37)47(66)59-42(49(68)69)22-30-12-16-34(61)17-13-30/h1-17,25-27,36,38-42,53,60-61H,18-24,50H2,(H2,51,62)(H,52,54)(H,55,63)(H,56,67)(H,57,65)(H,58,64)(H,59,66)(H,68,69)/t36-,38-,39-,40-,41-,42-/m0/s1. The minimum absolute atomic E-state index is 0.0259. The number of fused-ring (bicyclic) bond motifs is 1. The number of nitrogens with two attached hydrogens (primary N) is 2. The van der Waals surface area contributed by atoms with Crippen LogP contribution in [0.3, 0.4) is 0 Å². The maximum absolute atomic E-state index is 14.6. The number of hydrogen-bond donors (Lipinski definition) is 12. The van der Waals surface area contributed by atoms with Crippen LogP contribution in [0, 0.1) is 0 Å². The fourth-order valence-corrected chi connectivity index (χ4v) is 7.56. The average Bonchev–Trinajstić information content (AvgIpc) is 4.01. The Labute approximate surface area is 395 Å². The van der Waals surface area contributed by atoms with Gasteiger partial charge in [0.2, 0.25) is 35.4 Å². The molecule has 0 unspecified atom stereocenters. The zero-order valence-corrected chi connectivity index (χ0v) is 37.3. The molecule has 0 aliphatic heterocycles. The molecule has 0 aliphatic carbocycles. The first-order chi connectivity index (χ1) is 33.1. The van der Waals surface area contributed by atoms with E-state index in [1.165, 1.54) is 48.9 Å². The van der Waals surface area contributed by atoms with Crippen LogP contribution in [0.5, 0.6) is 11.5 Å². The van der Waals surface area contributed by atoms with E-state index >= 15 is 0 Å². The number of amides is 6. The van der Waals surface area contributed by atoms with Crippen molar-refractivity contribution in [3.8, 4) is 11.5 Å². The van der Waals surface area contributed by atoms with Gasteiger partial charge in [-0.05, 0) is 59.0 Å². The van der Waals surface area contributed by atoms with Crippen LogP contribution < -0.4 is 38.1 Å². The van der Waals surface area contributed by atoms with Crippen LogP contribution in [-0.2, 0) is 65.7 Å². The number of carboxylic acid groups (broad SMARTS) is 1. The van der Waals surface area contributed by atoms with Gasteiger partial charge < -0.3 is 63.3 Å². The highest BCUT2D eigenvalue weighted by molar-refractivity contribution is 5.97. The zero-order valence-electron chi connectivity index (χ0n) is 37.3. The minimum Gasteiger partial charge on any atom is -0.508 e. The molecule has 6 amide bonds. The molecule has 0 bridgehead atoms. The van der Waals surface area contributed by atoms with Crippen molar-refractivity contribution < 1.29 is 48.9 Å². The van der Waals surface area contributed by atoms with E-state index in [9.17, 15) is 48.9 Å². The summed E-state index contributed by atoms with van der Waals surface area (Å²) in [6.07, 6.45) is 3.58. The van der Waals surface area contributed by atoms with Crippen molar-refractivity contribution in [1.29, 1.82) is 0 Å². The van der Waals surface area contributed by atoms with Crippen LogP contribution in [0.1, 0.15) is 40.8 Å². The van der Waals surface area contributed by atoms with E-state index in [1.807, 2.05) is 18.2 Å². The molecule has 4 aromatic carbocycles. The molecule has 0 radical (unpaired) electrons. The van der Waals surface area contributed by atoms with E-state index in [-0.39, 0.29) is 56.4 Å². The van der Waals surface area contributed by atoms with Crippen molar-refractivity contribution in [3.63, 3.8) is 0 Å². The molecular weight excluding hydrogens is 889 g/mol. The van der Waals surface area contributed by atoms with Gasteiger partial charge in [-0.3, -0.25) is 28.8 Å². The van der Waals surface area contributed by atoms with Crippen LogP contribution in [0.25, 0.3) is 10.9 Å². The number of nitrogens with one attached hydrogen (secondary N) is 7. The lowest BCUT2D eigenvalue weighted by atomic mass is 10.00. The highest BCUT2D eigenvalue weighted by Gasteiger charge is 2.34. The summed E-state index contributed by atoms with van der Waals surface area (Å²) in [4.78, 5) is 105. The van der Waals surface area contributed by atoms with Gasteiger partial charge in [0, 0.05) is 67.5 Å². The molecule has 14 N–H and O–H groups in total. The number of hydrogen-bond acceptors (Lipinski definition) is 11. The molecule has 0 fully saturated rings. The SMILES string of the molecule is NC(=O)CC[C@H](N)C(=O)N[C@@H](Cc1ccc(O)cc1)C(=O)N[C@@H](Cc1cnc[nH]1)C(=O)N[C@@H](Cc1ccccc1)C(=O)N[C@@H](Cc1c[nH]c2ccccc12)C(=O)N[C@@H](Cc1ccc(O)cc1)C(=O)O. The van der Waals surface area contributed by atoms with Crippen LogP contribution in [0.4, 0.5) is 0 Å². The van der Waals surface area contributed by atoms with Crippen LogP contribution in [0.2, 0.25) is 0 Å². The number of nitrogens with zero attached hydrogens (tertiary/aromatic N) is 1. The number of rotatable bonds is 24. The molecule has 20 heteroatoms. The number of aromatic hydroxyl groups is 2. The lowest BCUT2D eigenvalue weighted by Crippen LogP contribution is -2.60. The van der Waals surface area contributed by atoms with Gasteiger partial charge in [-0.15, -0.1) is 0 Å². The molecule has 20 nitrogen and oxygen atoms in total. The number of primary amides is 1. The molecule has 0 aliphatic rings. The Morgan fingerprint density at radius 1 is 0.551 bits per heavy atom. The number of benzene rings is 4. The summed E-state index contributed by atoms with van der Waals surface area (Å²) in [5, 5.41) is 44.0. The Bertz CT molecular complexity index is 2710. The highest BCUT2D eigenvalue weighted by atomic mass is 16.4. The molecule has 0 saturated carbocycles. The van der Waals surface area contributed by atoms with Gasteiger partial charge in [0.05, 0.1) is 12.4 Å². The molecule has 69 heavy (non-hydrogen) atoms. The number of aromatic nitrogens is 3. The average molecular weight is 943 g/mol. The summed E-state index contributed by atoms with van der Waals surface area (Å²) < 4.78 is 0. The predicted molar refractivity (Wildman–Crippen MR) is 252 cm³/mol. The smallest absolute Gasteiger partial charge is 0.326 e. The fourth-order valence-electron chi connectivity index (χ4n) is 7.56. The Balaban J connectivity index is 1.28. The van der Waals surface area contributed by atoms with Gasteiger partial charge in [-0.25, -0.2) is 9.78 Å². The van der Waals surface area contributed by atoms with E-state index < -0.39 is 77.7 Å². The number of carbonyl (C=O) groups excluding carboxylic acids is 6. The Kier molecular flexibility index (Phi) is 17.2. The Morgan fingerprint density at radius 3 is 1.54 bits per heavy atom. The van der Waals surface area contributed by atoms with E-state index in [0.29, 0.717) is 27.9 Å². The van der Waals surface area contributed by atoms with Gasteiger partial charge in [0.1, 0.15) is 41.7 Å². The lowest BCUT2D eigenvalue weighted by Gasteiger charge is -2.27. The van der Waals surface area contributed by atoms with Crippen LogP contribution in [0.15, 0.2) is 122 Å². The second-order valence-electron chi connectivity index (χ2n) is 16.5. The first kappa shape index (κ1) is 49.9. The maximum Gasteiger partial charge on any atom is 0.326 e. The number of H-pyrrole nitrogens is 2. The van der Waals surface area contributed by atoms with Crippen molar-refractivity contribution in [2.75, 3.05) is 0 Å². The number of phenolic OH excluding ortho intramolecular Hbond substituents is 2. The second-order valence-corrected chi connectivity index (χ2v) is 16.5. The quantitative estimate of drug-likeness (QED) is 0.0403. The maximum atomic E-state index is 14.6. The number of carbonyl (C=O) groups is 7. The minimum atomic E-state index is -1.44. The number of imidazole rings is 1. The number of aromatic amines is 2. The van der Waals surface area contributed by atoms with Crippen LogP contribution in [-0.4, -0.2) is 108 Å². The second kappa shape index (κ2) is 23.8. The first-order valence-corrected chi connectivity index (χ1v) is 22.0. The first-order valence-electron chi connectivity index (χ1n) is 22.0. The molecule has 0 spiro atoms. The number of carboxylic acids is 1. The Morgan fingerprint density at radius 2 is 1.01 bits per heavy atom. The fraction of sp³-hybridized carbons (Fsp3) is 0.265. The van der Waals surface area contributed by atoms with Gasteiger partial charge in [-0.1, -0.05) is 72.8 Å². The van der Waals surface area contributed by atoms with E-state index in [4.69, 9.17) is 11.5 Å². The van der Waals surface area contributed by atoms with Crippen molar-refractivity contribution in [2.24, 2.45) is 11.5 Å². The predicted octanol–water partition coefficient (Wildman–Crippen LogP) is 0.917. The number of para-hydroxylation sites is 1. The summed E-state index contributed by atoms with van der Waals surface area (Å²) in [6, 6.07) is 19.5. The molecule has 2 aromatic heterocycles. The van der Waals surface area contributed by atoms with Crippen molar-refractivity contribution in [2.45, 2.75) is 81.2 Å². The van der Waals surface area contributed by atoms with Gasteiger partial charge >= 0.3 is 5.97 Å². The van der Waals surface area contributed by atoms with Crippen LogP contribution >= 0.6 is 0 Å². The molecule has 6 atom stereocenters. The zero-order chi connectivity index (χ0) is 49.5. The third-order valence-electron chi connectivity index (χ3n) is 11.3. The van der Waals surface area contributed by atoms with Gasteiger partial charge in [0.15, 0.2) is 0 Å². The molecule has 2 heterocycles. The molecule has 360 valence electrons. The molecule has 6 aromatic rings. The third-order valence-corrected chi connectivity index (χ3v) is 11.3. The highest BCUT2D eigenvalue weighted by Crippen LogP contribution is 2.20. The lowest BCUT2D eigenvalue weighted by molar-refractivity contribution is -0.142. The largest absolute Gasteiger partial charge is 0.508 e. The Hall–Kier alpha value is -8.52. The van der Waals surface area contributed by atoms with E-state index in [1.54, 1.807) is 54.7 Å². The third kappa shape index (κ3) is 14.7.